The number of anilines is 1. The molecular formula is C17H22N4O2S. The van der Waals surface area contributed by atoms with Gasteiger partial charge in [0.05, 0.1) is 20.2 Å². The van der Waals surface area contributed by atoms with E-state index >= 15 is 0 Å². The lowest BCUT2D eigenvalue weighted by molar-refractivity contribution is 0.187. The number of benzene rings is 1. The lowest BCUT2D eigenvalue weighted by Gasteiger charge is -2.10. The lowest BCUT2D eigenvalue weighted by Crippen LogP contribution is -2.36. The second-order valence-corrected chi connectivity index (χ2v) is 5.97. The summed E-state index contributed by atoms with van der Waals surface area (Å²) in [6.07, 6.45) is -0.479. The molecule has 0 aliphatic carbocycles. The maximum absolute atomic E-state index is 11.2. The number of guanidine groups is 1. The van der Waals surface area contributed by atoms with Crippen molar-refractivity contribution < 1.29 is 9.53 Å². The molecule has 128 valence electrons. The third kappa shape index (κ3) is 5.92. The zero-order valence-electron chi connectivity index (χ0n) is 13.8. The first-order valence-corrected chi connectivity index (χ1v) is 8.57. The van der Waals surface area contributed by atoms with Gasteiger partial charge < -0.3 is 15.4 Å². The van der Waals surface area contributed by atoms with Crippen LogP contribution in [0, 0.1) is 0 Å². The van der Waals surface area contributed by atoms with Crippen LogP contribution in [-0.2, 0) is 17.8 Å². The summed E-state index contributed by atoms with van der Waals surface area (Å²) in [7, 11) is 1.34. The van der Waals surface area contributed by atoms with Gasteiger partial charge in [0.25, 0.3) is 0 Å². The van der Waals surface area contributed by atoms with Crippen molar-refractivity contribution in [3.8, 4) is 0 Å². The van der Waals surface area contributed by atoms with Gasteiger partial charge in [0.1, 0.15) is 0 Å². The van der Waals surface area contributed by atoms with E-state index in [4.69, 9.17) is 0 Å². The number of methoxy groups -OCH3 is 1. The average molecular weight is 346 g/mol. The molecule has 0 spiro atoms. The van der Waals surface area contributed by atoms with Gasteiger partial charge in [0.2, 0.25) is 0 Å². The topological polar surface area (TPSA) is 74.8 Å². The number of hydrogen-bond donors (Lipinski definition) is 3. The summed E-state index contributed by atoms with van der Waals surface area (Å²) in [5, 5.41) is 11.2. The molecular weight excluding hydrogens is 324 g/mol. The van der Waals surface area contributed by atoms with Crippen LogP contribution >= 0.6 is 11.3 Å². The van der Waals surface area contributed by atoms with Gasteiger partial charge >= 0.3 is 6.09 Å². The standard InChI is InChI=1S/C17H22N4O2S/c1-3-18-16(20-12-15-5-4-10-24-15)19-11-13-6-8-14(9-7-13)21-17(22)23-2/h4-10H,3,11-12H2,1-2H3,(H,21,22)(H2,18,19,20). The molecule has 7 heteroatoms. The molecule has 0 atom stereocenters. The van der Waals surface area contributed by atoms with E-state index in [0.29, 0.717) is 12.2 Å². The van der Waals surface area contributed by atoms with Crippen molar-refractivity contribution in [3.63, 3.8) is 0 Å². The van der Waals surface area contributed by atoms with Gasteiger partial charge in [-0.1, -0.05) is 18.2 Å². The minimum atomic E-state index is -0.479. The Morgan fingerprint density at radius 2 is 2.00 bits per heavy atom. The van der Waals surface area contributed by atoms with E-state index in [1.54, 1.807) is 11.3 Å². The second-order valence-electron chi connectivity index (χ2n) is 4.94. The number of hydrogen-bond acceptors (Lipinski definition) is 4. The number of nitrogens with zero attached hydrogens (tertiary/aromatic N) is 1. The summed E-state index contributed by atoms with van der Waals surface area (Å²) in [6, 6.07) is 11.6. The number of ether oxygens (including phenoxy) is 1. The molecule has 0 bridgehead atoms. The Morgan fingerprint density at radius 1 is 1.21 bits per heavy atom. The molecule has 0 saturated carbocycles. The minimum absolute atomic E-state index is 0.479. The van der Waals surface area contributed by atoms with Gasteiger partial charge in [-0.25, -0.2) is 9.79 Å². The number of amides is 1. The van der Waals surface area contributed by atoms with E-state index in [1.807, 2.05) is 37.3 Å². The minimum Gasteiger partial charge on any atom is -0.453 e. The van der Waals surface area contributed by atoms with E-state index in [-0.39, 0.29) is 0 Å². The van der Waals surface area contributed by atoms with Crippen LogP contribution in [0.4, 0.5) is 10.5 Å². The predicted octanol–water partition coefficient (Wildman–Crippen LogP) is 3.18. The van der Waals surface area contributed by atoms with Crippen molar-refractivity contribution in [2.75, 3.05) is 19.0 Å². The number of rotatable bonds is 6. The number of aliphatic imine (C=N–C) groups is 1. The Hall–Kier alpha value is -2.54. The third-order valence-corrected chi connectivity index (χ3v) is 4.04. The summed E-state index contributed by atoms with van der Waals surface area (Å²) in [5.74, 6) is 0.780. The first-order valence-electron chi connectivity index (χ1n) is 7.69. The summed E-state index contributed by atoms with van der Waals surface area (Å²) in [5.41, 5.74) is 1.75. The van der Waals surface area contributed by atoms with Crippen LogP contribution in [0.25, 0.3) is 0 Å². The monoisotopic (exact) mass is 346 g/mol. The highest BCUT2D eigenvalue weighted by Gasteiger charge is 2.01. The Bertz CT molecular complexity index is 654. The summed E-state index contributed by atoms with van der Waals surface area (Å²) in [4.78, 5) is 17.0. The fourth-order valence-electron chi connectivity index (χ4n) is 1.96. The van der Waals surface area contributed by atoms with Crippen LogP contribution in [-0.4, -0.2) is 25.7 Å². The van der Waals surface area contributed by atoms with Crippen molar-refractivity contribution in [1.29, 1.82) is 0 Å². The molecule has 0 fully saturated rings. The van der Waals surface area contributed by atoms with Crippen molar-refractivity contribution in [2.45, 2.75) is 20.0 Å². The number of nitrogens with one attached hydrogen (secondary N) is 3. The molecule has 2 rings (SSSR count). The Kier molecular flexibility index (Phi) is 7.10. The van der Waals surface area contributed by atoms with Gasteiger partial charge in [-0.2, -0.15) is 0 Å². The Labute approximate surface area is 146 Å². The number of carbonyl (C=O) groups excluding carboxylic acids is 1. The highest BCUT2D eigenvalue weighted by Crippen LogP contribution is 2.11. The van der Waals surface area contributed by atoms with Crippen molar-refractivity contribution in [3.05, 3.63) is 52.2 Å². The fraction of sp³-hybridized carbons (Fsp3) is 0.294. The number of thiophene rings is 1. The molecule has 1 aromatic heterocycles. The van der Waals surface area contributed by atoms with Crippen LogP contribution in [0.1, 0.15) is 17.4 Å². The molecule has 6 nitrogen and oxygen atoms in total. The quantitative estimate of drug-likeness (QED) is 0.555. The molecule has 0 unspecified atom stereocenters. The van der Waals surface area contributed by atoms with Crippen LogP contribution in [0.15, 0.2) is 46.8 Å². The first-order chi connectivity index (χ1) is 11.7. The van der Waals surface area contributed by atoms with E-state index in [9.17, 15) is 4.79 Å². The zero-order valence-corrected chi connectivity index (χ0v) is 14.7. The zero-order chi connectivity index (χ0) is 17.2. The average Bonchev–Trinajstić information content (AvgIpc) is 3.12. The van der Waals surface area contributed by atoms with E-state index in [1.165, 1.54) is 12.0 Å². The maximum Gasteiger partial charge on any atom is 0.411 e. The van der Waals surface area contributed by atoms with Crippen LogP contribution in [0.5, 0.6) is 0 Å². The summed E-state index contributed by atoms with van der Waals surface area (Å²) in [6.45, 7) is 4.15. The molecule has 0 radical (unpaired) electrons. The fourth-order valence-corrected chi connectivity index (χ4v) is 2.60. The Morgan fingerprint density at radius 3 is 2.62 bits per heavy atom. The second kappa shape index (κ2) is 9.57. The van der Waals surface area contributed by atoms with Crippen LogP contribution in [0.3, 0.4) is 0 Å². The molecule has 0 aliphatic rings. The van der Waals surface area contributed by atoms with Gasteiger partial charge in [0.15, 0.2) is 5.96 Å². The van der Waals surface area contributed by atoms with E-state index < -0.39 is 6.09 Å². The maximum atomic E-state index is 11.2. The lowest BCUT2D eigenvalue weighted by atomic mass is 10.2. The molecule has 0 saturated heterocycles. The number of carbonyl (C=O) groups is 1. The molecule has 1 aromatic carbocycles. The first kappa shape index (κ1) is 17.8. The largest absolute Gasteiger partial charge is 0.453 e. The van der Waals surface area contributed by atoms with Gasteiger partial charge in [-0.3, -0.25) is 5.32 Å². The summed E-state index contributed by atoms with van der Waals surface area (Å²) < 4.78 is 4.56. The van der Waals surface area contributed by atoms with Gasteiger partial charge in [0, 0.05) is 17.1 Å². The Balaban J connectivity index is 1.91. The molecule has 1 amide bonds. The van der Waals surface area contributed by atoms with Crippen LogP contribution in [0.2, 0.25) is 0 Å². The highest BCUT2D eigenvalue weighted by molar-refractivity contribution is 7.09. The molecule has 1 heterocycles. The molecule has 2 aromatic rings. The smallest absolute Gasteiger partial charge is 0.411 e. The normalized spacial score (nSPS) is 11.0. The van der Waals surface area contributed by atoms with Crippen molar-refractivity contribution in [1.82, 2.24) is 10.6 Å². The highest BCUT2D eigenvalue weighted by atomic mass is 32.1. The van der Waals surface area contributed by atoms with E-state index in [0.717, 1.165) is 24.6 Å². The van der Waals surface area contributed by atoms with Gasteiger partial charge in [-0.15, -0.1) is 11.3 Å². The summed E-state index contributed by atoms with van der Waals surface area (Å²) >= 11 is 1.72. The van der Waals surface area contributed by atoms with Crippen molar-refractivity contribution >= 4 is 29.1 Å². The van der Waals surface area contributed by atoms with Gasteiger partial charge in [-0.05, 0) is 36.1 Å². The predicted molar refractivity (Wildman–Crippen MR) is 98.4 cm³/mol. The van der Waals surface area contributed by atoms with Crippen LogP contribution < -0.4 is 16.0 Å². The molecule has 0 aliphatic heterocycles. The molecule has 3 N–H and O–H groups in total. The molecule has 24 heavy (non-hydrogen) atoms. The third-order valence-electron chi connectivity index (χ3n) is 3.16. The van der Waals surface area contributed by atoms with E-state index in [2.05, 4.69) is 37.1 Å². The SMILES string of the molecule is CCNC(=NCc1ccc(NC(=O)OC)cc1)NCc1cccs1. The van der Waals surface area contributed by atoms with Crippen molar-refractivity contribution in [2.24, 2.45) is 4.99 Å².